The molecule has 27 heavy (non-hydrogen) atoms. The van der Waals surface area contributed by atoms with Gasteiger partial charge in [-0.2, -0.15) is 0 Å². The second-order valence-corrected chi connectivity index (χ2v) is 8.59. The lowest BCUT2D eigenvalue weighted by atomic mass is 9.85. The first kappa shape index (κ1) is 18.6. The van der Waals surface area contributed by atoms with Crippen LogP contribution in [-0.4, -0.2) is 12.6 Å². The average Bonchev–Trinajstić information content (AvgIpc) is 2.73. The molecule has 1 atom stereocenters. The van der Waals surface area contributed by atoms with Crippen LogP contribution in [0.3, 0.4) is 0 Å². The number of nitrogens with one attached hydrogen (secondary N) is 1. The van der Waals surface area contributed by atoms with Crippen molar-refractivity contribution in [3.05, 3.63) is 65.2 Å². The molecule has 0 amide bonds. The average molecular weight is 363 g/mol. The van der Waals surface area contributed by atoms with Gasteiger partial charge in [-0.05, 0) is 48.4 Å². The van der Waals surface area contributed by atoms with Crippen LogP contribution in [0.4, 0.5) is 5.69 Å². The van der Waals surface area contributed by atoms with Gasteiger partial charge >= 0.3 is 0 Å². The molecule has 1 fully saturated rings. The van der Waals surface area contributed by atoms with E-state index in [0.717, 1.165) is 32.0 Å². The van der Waals surface area contributed by atoms with E-state index in [1.54, 1.807) is 0 Å². The van der Waals surface area contributed by atoms with Crippen LogP contribution in [0.1, 0.15) is 62.1 Å². The summed E-state index contributed by atoms with van der Waals surface area (Å²) in [4.78, 5) is 2.56. The minimum Gasteiger partial charge on any atom is -0.367 e. The summed E-state index contributed by atoms with van der Waals surface area (Å²) >= 11 is 0. The maximum atomic E-state index is 3.82. The third kappa shape index (κ3) is 4.73. The molecule has 2 aromatic rings. The quantitative estimate of drug-likeness (QED) is 0.709. The van der Waals surface area contributed by atoms with E-state index in [0.29, 0.717) is 6.04 Å². The number of para-hydroxylation sites is 1. The first-order valence-electron chi connectivity index (χ1n) is 10.9. The van der Waals surface area contributed by atoms with Gasteiger partial charge in [0.05, 0.1) is 0 Å². The van der Waals surface area contributed by atoms with Gasteiger partial charge in [-0.15, -0.1) is 0 Å². The summed E-state index contributed by atoms with van der Waals surface area (Å²) in [6.45, 7) is 5.49. The standard InChI is InChI=1S/C25H34N2/c1-20(17-21-9-3-2-4-10-21)26-18-23-12-7-8-14-25(23)27-16-15-22-11-5-6-13-24(22)19-27/h5-8,11-14,20-21,26H,2-4,9-10,15-19H2,1H3/t20-/m0/s1. The summed E-state index contributed by atoms with van der Waals surface area (Å²) in [5, 5.41) is 3.82. The molecule has 1 saturated carbocycles. The number of fused-ring (bicyclic) bond motifs is 1. The first-order chi connectivity index (χ1) is 13.3. The Morgan fingerprint density at radius 3 is 2.56 bits per heavy atom. The van der Waals surface area contributed by atoms with Crippen LogP contribution < -0.4 is 10.2 Å². The van der Waals surface area contributed by atoms with Crippen LogP contribution in [0.5, 0.6) is 0 Å². The monoisotopic (exact) mass is 362 g/mol. The highest BCUT2D eigenvalue weighted by atomic mass is 15.1. The number of anilines is 1. The maximum Gasteiger partial charge on any atom is 0.0432 e. The van der Waals surface area contributed by atoms with Crippen molar-refractivity contribution in [3.8, 4) is 0 Å². The number of benzene rings is 2. The molecular formula is C25H34N2. The molecule has 0 aromatic heterocycles. The Kier molecular flexibility index (Phi) is 6.14. The van der Waals surface area contributed by atoms with Crippen LogP contribution in [0.25, 0.3) is 0 Å². The Bertz CT molecular complexity index is 733. The Morgan fingerprint density at radius 1 is 0.963 bits per heavy atom. The third-order valence-corrected chi connectivity index (χ3v) is 6.52. The molecule has 1 heterocycles. The zero-order chi connectivity index (χ0) is 18.5. The fourth-order valence-corrected chi connectivity index (χ4v) is 4.96. The Balaban J connectivity index is 1.38. The summed E-state index contributed by atoms with van der Waals surface area (Å²) in [6.07, 6.45) is 9.69. The topological polar surface area (TPSA) is 15.3 Å². The summed E-state index contributed by atoms with van der Waals surface area (Å²) < 4.78 is 0. The predicted molar refractivity (Wildman–Crippen MR) is 115 cm³/mol. The summed E-state index contributed by atoms with van der Waals surface area (Å²) in [7, 11) is 0. The van der Waals surface area contributed by atoms with Gasteiger partial charge in [0.25, 0.3) is 0 Å². The summed E-state index contributed by atoms with van der Waals surface area (Å²) in [5.74, 6) is 0.940. The number of hydrogen-bond acceptors (Lipinski definition) is 2. The van der Waals surface area contributed by atoms with Crippen LogP contribution in [0.15, 0.2) is 48.5 Å². The number of nitrogens with zero attached hydrogens (tertiary/aromatic N) is 1. The van der Waals surface area contributed by atoms with Gasteiger partial charge < -0.3 is 10.2 Å². The van der Waals surface area contributed by atoms with Gasteiger partial charge in [-0.1, -0.05) is 74.6 Å². The molecule has 0 bridgehead atoms. The predicted octanol–water partition coefficient (Wildman–Crippen LogP) is 5.70. The fraction of sp³-hybridized carbons (Fsp3) is 0.520. The molecule has 2 aromatic carbocycles. The molecule has 0 spiro atoms. The highest BCUT2D eigenvalue weighted by molar-refractivity contribution is 5.55. The van der Waals surface area contributed by atoms with Crippen molar-refractivity contribution in [2.45, 2.75) is 71.0 Å². The summed E-state index contributed by atoms with van der Waals surface area (Å²) in [6, 6.07) is 18.5. The first-order valence-corrected chi connectivity index (χ1v) is 10.9. The van der Waals surface area contributed by atoms with Crippen molar-refractivity contribution in [3.63, 3.8) is 0 Å². The van der Waals surface area contributed by atoms with Crippen LogP contribution in [-0.2, 0) is 19.5 Å². The molecule has 2 nitrogen and oxygen atoms in total. The van der Waals surface area contributed by atoms with E-state index in [1.807, 2.05) is 0 Å². The van der Waals surface area contributed by atoms with Crippen LogP contribution in [0.2, 0.25) is 0 Å². The van der Waals surface area contributed by atoms with Gasteiger partial charge in [0.2, 0.25) is 0 Å². The van der Waals surface area contributed by atoms with Gasteiger partial charge in [0.1, 0.15) is 0 Å². The van der Waals surface area contributed by atoms with Crippen LogP contribution in [0, 0.1) is 5.92 Å². The highest BCUT2D eigenvalue weighted by Gasteiger charge is 2.19. The number of hydrogen-bond donors (Lipinski definition) is 1. The largest absolute Gasteiger partial charge is 0.367 e. The molecule has 4 rings (SSSR count). The van der Waals surface area contributed by atoms with Crippen molar-refractivity contribution >= 4 is 5.69 Å². The van der Waals surface area contributed by atoms with Crippen LogP contribution >= 0.6 is 0 Å². The van der Waals surface area contributed by atoms with Gasteiger partial charge in [0.15, 0.2) is 0 Å². The van der Waals surface area contributed by atoms with E-state index in [9.17, 15) is 0 Å². The highest BCUT2D eigenvalue weighted by Crippen LogP contribution is 2.29. The molecule has 1 aliphatic carbocycles. The lowest BCUT2D eigenvalue weighted by Gasteiger charge is -2.32. The zero-order valence-corrected chi connectivity index (χ0v) is 16.8. The normalized spacial score (nSPS) is 18.9. The zero-order valence-electron chi connectivity index (χ0n) is 16.8. The van der Waals surface area contributed by atoms with Gasteiger partial charge in [-0.3, -0.25) is 0 Å². The van der Waals surface area contributed by atoms with E-state index < -0.39 is 0 Å². The van der Waals surface area contributed by atoms with E-state index in [1.165, 1.54) is 60.9 Å². The van der Waals surface area contributed by atoms with Gasteiger partial charge in [0, 0.05) is 31.4 Å². The van der Waals surface area contributed by atoms with Crippen molar-refractivity contribution in [1.29, 1.82) is 0 Å². The van der Waals surface area contributed by atoms with E-state index in [4.69, 9.17) is 0 Å². The molecule has 144 valence electrons. The molecule has 2 aliphatic rings. The summed E-state index contributed by atoms with van der Waals surface area (Å²) in [5.41, 5.74) is 5.85. The smallest absolute Gasteiger partial charge is 0.0432 e. The fourth-order valence-electron chi connectivity index (χ4n) is 4.96. The van der Waals surface area contributed by atoms with Crippen molar-refractivity contribution in [1.82, 2.24) is 5.32 Å². The Labute approximate surface area is 165 Å². The maximum absolute atomic E-state index is 3.82. The lowest BCUT2D eigenvalue weighted by Crippen LogP contribution is -2.33. The van der Waals surface area contributed by atoms with E-state index >= 15 is 0 Å². The molecule has 0 unspecified atom stereocenters. The molecule has 0 radical (unpaired) electrons. The Morgan fingerprint density at radius 2 is 1.70 bits per heavy atom. The molecule has 2 heteroatoms. The number of rotatable bonds is 6. The Hall–Kier alpha value is -1.80. The molecule has 0 saturated heterocycles. The molecule has 1 N–H and O–H groups in total. The SMILES string of the molecule is C[C@@H](CC1CCCCC1)NCc1ccccc1N1CCc2ccccc2C1. The van der Waals surface area contributed by atoms with Gasteiger partial charge in [-0.25, -0.2) is 0 Å². The van der Waals surface area contributed by atoms with E-state index in [2.05, 4.69) is 65.7 Å². The molecular weight excluding hydrogens is 328 g/mol. The minimum atomic E-state index is 0.600. The minimum absolute atomic E-state index is 0.600. The molecule has 1 aliphatic heterocycles. The second-order valence-electron chi connectivity index (χ2n) is 8.59. The van der Waals surface area contributed by atoms with Crippen molar-refractivity contribution < 1.29 is 0 Å². The third-order valence-electron chi connectivity index (χ3n) is 6.52. The second kappa shape index (κ2) is 8.93. The van der Waals surface area contributed by atoms with E-state index in [-0.39, 0.29) is 0 Å². The van der Waals surface area contributed by atoms with Crippen molar-refractivity contribution in [2.24, 2.45) is 5.92 Å². The lowest BCUT2D eigenvalue weighted by molar-refractivity contribution is 0.304. The van der Waals surface area contributed by atoms with Crippen molar-refractivity contribution in [2.75, 3.05) is 11.4 Å².